The summed E-state index contributed by atoms with van der Waals surface area (Å²) in [6.45, 7) is 1.55. The van der Waals surface area contributed by atoms with E-state index in [1.807, 2.05) is 0 Å². The van der Waals surface area contributed by atoms with E-state index in [2.05, 4.69) is 0 Å². The smallest absolute Gasteiger partial charge is 0.419 e. The van der Waals surface area contributed by atoms with Gasteiger partial charge < -0.3 is 4.74 Å². The fourth-order valence-corrected chi connectivity index (χ4v) is 1.90. The SMILES string of the molecule is Cc1ccc(Oc2ccc(CCl)cc2C(F)(F)F)cc1F. The van der Waals surface area contributed by atoms with Crippen LogP contribution in [0.25, 0.3) is 0 Å². The summed E-state index contributed by atoms with van der Waals surface area (Å²) in [4.78, 5) is 0. The molecule has 2 rings (SSSR count). The quantitative estimate of drug-likeness (QED) is 0.522. The van der Waals surface area contributed by atoms with Crippen LogP contribution >= 0.6 is 11.6 Å². The Bertz CT molecular complexity index is 653. The highest BCUT2D eigenvalue weighted by Gasteiger charge is 2.34. The van der Waals surface area contributed by atoms with Gasteiger partial charge in [-0.1, -0.05) is 12.1 Å². The Morgan fingerprint density at radius 2 is 1.81 bits per heavy atom. The second-order valence-electron chi connectivity index (χ2n) is 4.47. The van der Waals surface area contributed by atoms with Gasteiger partial charge >= 0.3 is 6.18 Å². The zero-order valence-corrected chi connectivity index (χ0v) is 11.7. The lowest BCUT2D eigenvalue weighted by atomic mass is 10.1. The highest BCUT2D eigenvalue weighted by Crippen LogP contribution is 2.39. The minimum absolute atomic E-state index is 0.00206. The van der Waals surface area contributed by atoms with E-state index >= 15 is 0 Å². The number of benzene rings is 2. The predicted octanol–water partition coefficient (Wildman–Crippen LogP) is 5.68. The van der Waals surface area contributed by atoms with Gasteiger partial charge in [-0.25, -0.2) is 4.39 Å². The van der Waals surface area contributed by atoms with Crippen LogP contribution in [0.1, 0.15) is 16.7 Å². The molecule has 0 radical (unpaired) electrons. The van der Waals surface area contributed by atoms with Gasteiger partial charge in [0.1, 0.15) is 17.3 Å². The number of hydrogen-bond acceptors (Lipinski definition) is 1. The van der Waals surface area contributed by atoms with Crippen LogP contribution in [0.5, 0.6) is 11.5 Å². The van der Waals surface area contributed by atoms with Gasteiger partial charge in [-0.2, -0.15) is 13.2 Å². The Kier molecular flexibility index (Phi) is 4.42. The minimum Gasteiger partial charge on any atom is -0.457 e. The second-order valence-corrected chi connectivity index (χ2v) is 4.74. The van der Waals surface area contributed by atoms with Crippen LogP contribution in [0.3, 0.4) is 0 Å². The molecule has 0 spiro atoms. The van der Waals surface area contributed by atoms with Crippen molar-refractivity contribution in [3.05, 3.63) is 58.9 Å². The molecule has 0 amide bonds. The molecule has 0 saturated carbocycles. The third kappa shape index (κ3) is 3.67. The van der Waals surface area contributed by atoms with Gasteiger partial charge in [0.15, 0.2) is 0 Å². The highest BCUT2D eigenvalue weighted by molar-refractivity contribution is 6.17. The lowest BCUT2D eigenvalue weighted by Gasteiger charge is -2.15. The maximum absolute atomic E-state index is 13.4. The summed E-state index contributed by atoms with van der Waals surface area (Å²) in [7, 11) is 0. The zero-order chi connectivity index (χ0) is 15.6. The third-order valence-corrected chi connectivity index (χ3v) is 3.18. The summed E-state index contributed by atoms with van der Waals surface area (Å²) in [6, 6.07) is 7.43. The molecular weight excluding hydrogens is 308 g/mol. The Hall–Kier alpha value is -1.75. The molecule has 0 atom stereocenters. The number of rotatable bonds is 3. The Labute approximate surface area is 124 Å². The molecular formula is C15H11ClF4O. The number of alkyl halides is 4. The number of ether oxygens (including phenoxy) is 1. The first-order chi connectivity index (χ1) is 9.81. The molecule has 0 aromatic heterocycles. The molecule has 0 aliphatic rings. The maximum atomic E-state index is 13.4. The van der Waals surface area contributed by atoms with Crippen molar-refractivity contribution in [3.63, 3.8) is 0 Å². The Morgan fingerprint density at radius 3 is 2.38 bits per heavy atom. The normalized spacial score (nSPS) is 11.5. The molecule has 0 bridgehead atoms. The molecule has 0 aliphatic carbocycles. The van der Waals surface area contributed by atoms with Gasteiger partial charge in [0.2, 0.25) is 0 Å². The molecule has 0 saturated heterocycles. The molecule has 112 valence electrons. The monoisotopic (exact) mass is 318 g/mol. The number of halogens is 5. The van der Waals surface area contributed by atoms with Crippen molar-refractivity contribution in [2.24, 2.45) is 0 Å². The first kappa shape index (κ1) is 15.6. The average Bonchev–Trinajstić information content (AvgIpc) is 2.42. The molecule has 0 fully saturated rings. The van der Waals surface area contributed by atoms with E-state index in [4.69, 9.17) is 16.3 Å². The first-order valence-corrected chi connectivity index (χ1v) is 6.55. The summed E-state index contributed by atoms with van der Waals surface area (Å²) in [5, 5.41) is 0. The molecule has 0 unspecified atom stereocenters. The zero-order valence-electron chi connectivity index (χ0n) is 11.0. The van der Waals surface area contributed by atoms with Crippen LogP contribution < -0.4 is 4.74 Å². The maximum Gasteiger partial charge on any atom is 0.419 e. The molecule has 0 aliphatic heterocycles. The lowest BCUT2D eigenvalue weighted by Crippen LogP contribution is -2.08. The van der Waals surface area contributed by atoms with Crippen molar-refractivity contribution < 1.29 is 22.3 Å². The van der Waals surface area contributed by atoms with Gasteiger partial charge in [0.05, 0.1) is 5.56 Å². The second kappa shape index (κ2) is 5.93. The molecule has 2 aromatic carbocycles. The van der Waals surface area contributed by atoms with Gasteiger partial charge in [-0.05, 0) is 36.2 Å². The minimum atomic E-state index is -4.58. The summed E-state index contributed by atoms with van der Waals surface area (Å²) < 4.78 is 57.6. The highest BCUT2D eigenvalue weighted by atomic mass is 35.5. The molecule has 1 nitrogen and oxygen atoms in total. The number of aryl methyl sites for hydroxylation is 1. The van der Waals surface area contributed by atoms with E-state index in [0.29, 0.717) is 11.1 Å². The van der Waals surface area contributed by atoms with E-state index in [9.17, 15) is 17.6 Å². The largest absolute Gasteiger partial charge is 0.457 e. The van der Waals surface area contributed by atoms with E-state index in [0.717, 1.165) is 12.1 Å². The molecule has 0 heterocycles. The molecule has 2 aromatic rings. The van der Waals surface area contributed by atoms with Crippen LogP contribution in [0.2, 0.25) is 0 Å². The average molecular weight is 319 g/mol. The first-order valence-electron chi connectivity index (χ1n) is 6.01. The number of hydrogen-bond donors (Lipinski definition) is 0. The van der Waals surface area contributed by atoms with Gasteiger partial charge in [0.25, 0.3) is 0 Å². The summed E-state index contributed by atoms with van der Waals surface area (Å²) >= 11 is 5.54. The molecule has 6 heteroatoms. The van der Waals surface area contributed by atoms with Crippen LogP contribution in [-0.4, -0.2) is 0 Å². The van der Waals surface area contributed by atoms with Crippen molar-refractivity contribution in [3.8, 4) is 11.5 Å². The van der Waals surface area contributed by atoms with E-state index in [1.54, 1.807) is 6.92 Å². The Balaban J connectivity index is 2.41. The third-order valence-electron chi connectivity index (χ3n) is 2.87. The van der Waals surface area contributed by atoms with Gasteiger partial charge in [-0.3, -0.25) is 0 Å². The van der Waals surface area contributed by atoms with Crippen molar-refractivity contribution in [1.82, 2.24) is 0 Å². The summed E-state index contributed by atoms with van der Waals surface area (Å²) in [5.74, 6) is -0.969. The summed E-state index contributed by atoms with van der Waals surface area (Å²) in [6.07, 6.45) is -4.58. The van der Waals surface area contributed by atoms with Crippen LogP contribution in [-0.2, 0) is 12.1 Å². The standard InChI is InChI=1S/C15H11ClF4O/c1-9-2-4-11(7-13(9)17)21-14-5-3-10(8-16)6-12(14)15(18,19)20/h2-7H,8H2,1H3. The van der Waals surface area contributed by atoms with Gasteiger partial charge in [0, 0.05) is 11.9 Å². The van der Waals surface area contributed by atoms with Crippen molar-refractivity contribution >= 4 is 11.6 Å². The van der Waals surface area contributed by atoms with Crippen LogP contribution in [0.4, 0.5) is 17.6 Å². The van der Waals surface area contributed by atoms with Gasteiger partial charge in [-0.15, -0.1) is 11.6 Å². The van der Waals surface area contributed by atoms with Crippen molar-refractivity contribution in [1.29, 1.82) is 0 Å². The van der Waals surface area contributed by atoms with Crippen molar-refractivity contribution in [2.75, 3.05) is 0 Å². The van der Waals surface area contributed by atoms with Crippen LogP contribution in [0.15, 0.2) is 36.4 Å². The molecule has 21 heavy (non-hydrogen) atoms. The van der Waals surface area contributed by atoms with Crippen molar-refractivity contribution in [2.45, 2.75) is 19.0 Å². The van der Waals surface area contributed by atoms with E-state index in [1.165, 1.54) is 24.3 Å². The fourth-order valence-electron chi connectivity index (χ4n) is 1.73. The molecule has 0 N–H and O–H groups in total. The van der Waals surface area contributed by atoms with E-state index in [-0.39, 0.29) is 17.4 Å². The van der Waals surface area contributed by atoms with E-state index < -0.39 is 17.6 Å². The lowest BCUT2D eigenvalue weighted by molar-refractivity contribution is -0.138. The topological polar surface area (TPSA) is 9.23 Å². The predicted molar refractivity (Wildman–Crippen MR) is 72.2 cm³/mol. The summed E-state index contributed by atoms with van der Waals surface area (Å²) in [5.41, 5.74) is -0.232. The Morgan fingerprint density at radius 1 is 1.10 bits per heavy atom. The van der Waals surface area contributed by atoms with Crippen LogP contribution in [0, 0.1) is 12.7 Å². The fraction of sp³-hybridized carbons (Fsp3) is 0.200.